The van der Waals surface area contributed by atoms with Gasteiger partial charge in [-0.3, -0.25) is 4.98 Å². The number of unbranched alkanes of at least 4 members (excludes halogenated alkanes) is 11. The van der Waals surface area contributed by atoms with Crippen LogP contribution in [0.4, 0.5) is 0 Å². The third-order valence-corrected chi connectivity index (χ3v) is 6.35. The number of ether oxygens (including phenoxy) is 1. The fraction of sp³-hybridized carbons (Fsp3) is 0.633. The molecule has 32 heavy (non-hydrogen) atoms. The van der Waals surface area contributed by atoms with Gasteiger partial charge in [0.05, 0.1) is 11.8 Å². The van der Waals surface area contributed by atoms with Gasteiger partial charge in [-0.1, -0.05) is 90.5 Å². The first kappa shape index (κ1) is 26.4. The average Bonchev–Trinajstić information content (AvgIpc) is 2.82. The van der Waals surface area contributed by atoms with Gasteiger partial charge in [-0.05, 0) is 68.5 Å². The molecule has 178 valence electrons. The van der Waals surface area contributed by atoms with Gasteiger partial charge in [0, 0.05) is 11.8 Å². The predicted octanol–water partition coefficient (Wildman–Crippen LogP) is 9.56. The molecular formula is C30H47NO. The Labute approximate surface area is 198 Å². The molecule has 0 spiro atoms. The Balaban J connectivity index is 1.68. The van der Waals surface area contributed by atoms with Crippen LogP contribution in [-0.4, -0.2) is 11.1 Å². The molecule has 0 radical (unpaired) electrons. The Morgan fingerprint density at radius 2 is 1.28 bits per heavy atom. The standard InChI is InChI=1S/C30H47NO/c1-4-6-8-10-12-13-15-17-26(3)32-29-22-20-28(21-23-29)30-24-19-27(25-31-30)18-16-14-11-9-7-5-2/h19-26H,4-18H2,1-3H3/t26-/m1/s1. The highest BCUT2D eigenvalue weighted by molar-refractivity contribution is 5.60. The highest BCUT2D eigenvalue weighted by Crippen LogP contribution is 2.23. The zero-order valence-electron chi connectivity index (χ0n) is 21.1. The van der Waals surface area contributed by atoms with Crippen molar-refractivity contribution in [1.82, 2.24) is 4.98 Å². The zero-order valence-corrected chi connectivity index (χ0v) is 21.1. The number of hydrogen-bond donors (Lipinski definition) is 0. The number of aryl methyl sites for hydroxylation is 1. The highest BCUT2D eigenvalue weighted by atomic mass is 16.5. The van der Waals surface area contributed by atoms with Gasteiger partial charge >= 0.3 is 0 Å². The summed E-state index contributed by atoms with van der Waals surface area (Å²) >= 11 is 0. The Morgan fingerprint density at radius 3 is 1.88 bits per heavy atom. The molecule has 2 rings (SSSR count). The third kappa shape index (κ3) is 11.2. The van der Waals surface area contributed by atoms with Crippen molar-refractivity contribution in [2.75, 3.05) is 0 Å². The minimum atomic E-state index is 0.274. The smallest absolute Gasteiger partial charge is 0.119 e. The number of pyridine rings is 1. The number of hydrogen-bond acceptors (Lipinski definition) is 2. The first-order chi connectivity index (χ1) is 15.7. The van der Waals surface area contributed by atoms with Gasteiger partial charge in [0.15, 0.2) is 0 Å². The maximum Gasteiger partial charge on any atom is 0.119 e. The van der Waals surface area contributed by atoms with E-state index in [0.717, 1.165) is 29.8 Å². The molecule has 0 amide bonds. The van der Waals surface area contributed by atoms with E-state index in [2.05, 4.69) is 63.4 Å². The lowest BCUT2D eigenvalue weighted by molar-refractivity contribution is 0.206. The first-order valence-corrected chi connectivity index (χ1v) is 13.4. The molecule has 2 nitrogen and oxygen atoms in total. The van der Waals surface area contributed by atoms with E-state index >= 15 is 0 Å². The molecule has 0 aliphatic rings. The van der Waals surface area contributed by atoms with Crippen molar-refractivity contribution in [1.29, 1.82) is 0 Å². The molecule has 0 bridgehead atoms. The number of rotatable bonds is 18. The molecule has 0 aliphatic heterocycles. The Hall–Kier alpha value is -1.83. The fourth-order valence-electron chi connectivity index (χ4n) is 4.24. The van der Waals surface area contributed by atoms with Gasteiger partial charge in [-0.25, -0.2) is 0 Å². The monoisotopic (exact) mass is 437 g/mol. The second-order valence-electron chi connectivity index (χ2n) is 9.43. The topological polar surface area (TPSA) is 22.1 Å². The van der Waals surface area contributed by atoms with E-state index < -0.39 is 0 Å². The van der Waals surface area contributed by atoms with Crippen LogP contribution < -0.4 is 4.74 Å². The van der Waals surface area contributed by atoms with Gasteiger partial charge in [0.2, 0.25) is 0 Å². The molecule has 0 N–H and O–H groups in total. The molecule has 2 heteroatoms. The second-order valence-corrected chi connectivity index (χ2v) is 9.43. The van der Waals surface area contributed by atoms with Crippen LogP contribution in [0.3, 0.4) is 0 Å². The van der Waals surface area contributed by atoms with Gasteiger partial charge in [-0.2, -0.15) is 0 Å². The lowest BCUT2D eigenvalue weighted by Gasteiger charge is -2.15. The van der Waals surface area contributed by atoms with E-state index in [1.54, 1.807) is 0 Å². The predicted molar refractivity (Wildman–Crippen MR) is 139 cm³/mol. The molecule has 0 aliphatic carbocycles. The van der Waals surface area contributed by atoms with Crippen LogP contribution >= 0.6 is 0 Å². The Morgan fingerprint density at radius 1 is 0.688 bits per heavy atom. The van der Waals surface area contributed by atoms with Crippen LogP contribution in [0.2, 0.25) is 0 Å². The SMILES string of the molecule is CCCCCCCCC[C@@H](C)Oc1ccc(-c2ccc(CCCCCCCC)cn2)cc1. The van der Waals surface area contributed by atoms with Crippen LogP contribution in [0.1, 0.15) is 116 Å². The van der Waals surface area contributed by atoms with E-state index in [0.29, 0.717) is 0 Å². The summed E-state index contributed by atoms with van der Waals surface area (Å²) < 4.78 is 6.13. The van der Waals surface area contributed by atoms with Crippen LogP contribution in [-0.2, 0) is 6.42 Å². The van der Waals surface area contributed by atoms with Crippen LogP contribution in [0.15, 0.2) is 42.6 Å². The summed E-state index contributed by atoms with van der Waals surface area (Å²) in [5.41, 5.74) is 3.55. The van der Waals surface area contributed by atoms with Gasteiger partial charge in [-0.15, -0.1) is 0 Å². The van der Waals surface area contributed by atoms with Crippen molar-refractivity contribution in [2.24, 2.45) is 0 Å². The Bertz CT molecular complexity index is 692. The molecule has 1 atom stereocenters. The van der Waals surface area contributed by atoms with Crippen molar-refractivity contribution in [3.63, 3.8) is 0 Å². The molecule has 2 aromatic rings. The normalized spacial score (nSPS) is 12.1. The lowest BCUT2D eigenvalue weighted by atomic mass is 10.0. The average molecular weight is 438 g/mol. The summed E-state index contributed by atoms with van der Waals surface area (Å²) in [7, 11) is 0. The van der Waals surface area contributed by atoms with Gasteiger partial charge in [0.1, 0.15) is 5.75 Å². The molecule has 1 aromatic heterocycles. The quantitative estimate of drug-likeness (QED) is 0.217. The van der Waals surface area contributed by atoms with E-state index in [-0.39, 0.29) is 6.10 Å². The molecule has 0 saturated carbocycles. The Kier molecular flexibility index (Phi) is 13.8. The summed E-state index contributed by atoms with van der Waals surface area (Å²) in [5.74, 6) is 0.962. The molecular weight excluding hydrogens is 390 g/mol. The highest BCUT2D eigenvalue weighted by Gasteiger charge is 2.06. The third-order valence-electron chi connectivity index (χ3n) is 6.35. The largest absolute Gasteiger partial charge is 0.491 e. The lowest BCUT2D eigenvalue weighted by Crippen LogP contribution is -2.11. The summed E-state index contributed by atoms with van der Waals surface area (Å²) in [4.78, 5) is 4.70. The number of aromatic nitrogens is 1. The maximum absolute atomic E-state index is 6.13. The number of benzene rings is 1. The minimum Gasteiger partial charge on any atom is -0.491 e. The second kappa shape index (κ2) is 16.8. The van der Waals surface area contributed by atoms with Crippen molar-refractivity contribution in [2.45, 2.75) is 123 Å². The molecule has 1 heterocycles. The van der Waals surface area contributed by atoms with E-state index in [1.165, 1.54) is 89.0 Å². The van der Waals surface area contributed by atoms with Crippen molar-refractivity contribution in [3.05, 3.63) is 48.2 Å². The van der Waals surface area contributed by atoms with Gasteiger partial charge in [0.25, 0.3) is 0 Å². The molecule has 1 aromatic carbocycles. The summed E-state index contributed by atoms with van der Waals surface area (Å²) in [6.45, 7) is 6.73. The molecule has 0 unspecified atom stereocenters. The summed E-state index contributed by atoms with van der Waals surface area (Å²) in [6.07, 6.45) is 22.1. The van der Waals surface area contributed by atoms with Crippen LogP contribution in [0.5, 0.6) is 5.75 Å². The summed E-state index contributed by atoms with van der Waals surface area (Å²) in [6, 6.07) is 12.8. The summed E-state index contributed by atoms with van der Waals surface area (Å²) in [5, 5.41) is 0. The number of nitrogens with zero attached hydrogens (tertiary/aromatic N) is 1. The maximum atomic E-state index is 6.13. The van der Waals surface area contributed by atoms with E-state index in [1.807, 2.05) is 0 Å². The van der Waals surface area contributed by atoms with E-state index in [9.17, 15) is 0 Å². The van der Waals surface area contributed by atoms with E-state index in [4.69, 9.17) is 9.72 Å². The zero-order chi connectivity index (χ0) is 22.9. The van der Waals surface area contributed by atoms with Crippen molar-refractivity contribution < 1.29 is 4.74 Å². The first-order valence-electron chi connectivity index (χ1n) is 13.4. The molecule has 0 saturated heterocycles. The minimum absolute atomic E-state index is 0.274. The molecule has 0 fully saturated rings. The fourth-order valence-corrected chi connectivity index (χ4v) is 4.24. The van der Waals surface area contributed by atoms with Crippen molar-refractivity contribution >= 4 is 0 Å². The van der Waals surface area contributed by atoms with Crippen LogP contribution in [0, 0.1) is 0 Å². The van der Waals surface area contributed by atoms with Crippen molar-refractivity contribution in [3.8, 4) is 17.0 Å². The van der Waals surface area contributed by atoms with Gasteiger partial charge < -0.3 is 4.74 Å². The van der Waals surface area contributed by atoms with Crippen LogP contribution in [0.25, 0.3) is 11.3 Å².